The van der Waals surface area contributed by atoms with Crippen LogP contribution in [0.3, 0.4) is 0 Å². The van der Waals surface area contributed by atoms with Crippen LogP contribution >= 0.6 is 0 Å². The molecule has 0 bridgehead atoms. The number of hydrogen-bond donors (Lipinski definition) is 4. The molecule has 0 aromatic carbocycles. The number of fused-ring (bicyclic) bond motifs is 1. The lowest BCUT2D eigenvalue weighted by Crippen LogP contribution is -2.35. The van der Waals surface area contributed by atoms with Gasteiger partial charge in [0.25, 0.3) is 0 Å². The van der Waals surface area contributed by atoms with Gasteiger partial charge in [0.2, 0.25) is 0 Å². The molecule has 13 heteroatoms. The minimum Gasteiger partial charge on any atom is -0.387 e. The number of hydrogen-bond acceptors (Lipinski definition) is 10. The average molecular weight is 360 g/mol. The van der Waals surface area contributed by atoms with E-state index in [1.807, 2.05) is 4.72 Å². The van der Waals surface area contributed by atoms with E-state index < -0.39 is 41.5 Å². The van der Waals surface area contributed by atoms with Crippen molar-refractivity contribution < 1.29 is 27.6 Å². The molecule has 1 fully saturated rings. The number of nitrogens with zero attached hydrogens (tertiary/aromatic N) is 4. The van der Waals surface area contributed by atoms with Crippen LogP contribution in [-0.4, -0.2) is 70.1 Å². The van der Waals surface area contributed by atoms with Crippen molar-refractivity contribution in [3.63, 3.8) is 0 Å². The zero-order valence-electron chi connectivity index (χ0n) is 12.5. The molecule has 24 heavy (non-hydrogen) atoms. The number of rotatable bonds is 5. The standard InChI is InChI=1S/C11H16N6O6S/c1-13-24(20,21)22-2-5-7(18)8(19)11(23-5)17-4-16-6-9(12)14-3-15-10(6)17/h3-5,7-8,11,13,18-19H,2H2,1H3,(H2,12,14,15)/t5-,7-,8-,11-/m1/s1. The zero-order valence-corrected chi connectivity index (χ0v) is 13.3. The van der Waals surface area contributed by atoms with Gasteiger partial charge in [-0.25, -0.2) is 15.0 Å². The fourth-order valence-corrected chi connectivity index (χ4v) is 2.80. The molecule has 0 saturated carbocycles. The highest BCUT2D eigenvalue weighted by atomic mass is 32.2. The number of aliphatic hydroxyl groups excluding tert-OH is 2. The Labute approximate surface area is 136 Å². The minimum absolute atomic E-state index is 0.159. The summed E-state index contributed by atoms with van der Waals surface area (Å²) < 4.78 is 36.1. The Morgan fingerprint density at radius 3 is 2.83 bits per heavy atom. The van der Waals surface area contributed by atoms with E-state index in [9.17, 15) is 18.6 Å². The molecule has 12 nitrogen and oxygen atoms in total. The van der Waals surface area contributed by atoms with E-state index in [-0.39, 0.29) is 5.82 Å². The number of anilines is 1. The van der Waals surface area contributed by atoms with E-state index in [0.29, 0.717) is 11.2 Å². The third-order valence-electron chi connectivity index (χ3n) is 3.64. The van der Waals surface area contributed by atoms with Gasteiger partial charge in [0.1, 0.15) is 30.2 Å². The predicted octanol–water partition coefficient (Wildman–Crippen LogP) is -2.49. The molecule has 0 amide bonds. The van der Waals surface area contributed by atoms with Crippen LogP contribution in [0.2, 0.25) is 0 Å². The smallest absolute Gasteiger partial charge is 0.335 e. The maximum Gasteiger partial charge on any atom is 0.335 e. The lowest BCUT2D eigenvalue weighted by Gasteiger charge is -2.16. The van der Waals surface area contributed by atoms with Crippen LogP contribution in [0.15, 0.2) is 12.7 Å². The molecular formula is C11H16N6O6S. The number of aliphatic hydroxyl groups is 2. The highest BCUT2D eigenvalue weighted by Crippen LogP contribution is 2.32. The van der Waals surface area contributed by atoms with Gasteiger partial charge in [-0.3, -0.25) is 8.75 Å². The molecule has 3 rings (SSSR count). The van der Waals surface area contributed by atoms with Crippen molar-refractivity contribution >= 4 is 27.3 Å². The summed E-state index contributed by atoms with van der Waals surface area (Å²) >= 11 is 0. The molecule has 0 radical (unpaired) electrons. The lowest BCUT2D eigenvalue weighted by atomic mass is 10.1. The molecule has 5 N–H and O–H groups in total. The summed E-state index contributed by atoms with van der Waals surface area (Å²) in [6, 6.07) is 0. The van der Waals surface area contributed by atoms with Crippen LogP contribution in [0.25, 0.3) is 11.2 Å². The number of aromatic nitrogens is 4. The van der Waals surface area contributed by atoms with Gasteiger partial charge in [0.15, 0.2) is 17.7 Å². The number of nitrogen functional groups attached to an aromatic ring is 1. The number of nitrogens with one attached hydrogen (secondary N) is 1. The molecule has 0 unspecified atom stereocenters. The van der Waals surface area contributed by atoms with E-state index >= 15 is 0 Å². The molecule has 2 aromatic rings. The lowest BCUT2D eigenvalue weighted by molar-refractivity contribution is -0.0468. The average Bonchev–Trinajstić information content (AvgIpc) is 3.10. The van der Waals surface area contributed by atoms with Gasteiger partial charge in [-0.2, -0.15) is 13.1 Å². The molecule has 1 aliphatic heterocycles. The second-order valence-corrected chi connectivity index (χ2v) is 6.62. The number of nitrogens with two attached hydrogens (primary N) is 1. The van der Waals surface area contributed by atoms with Crippen LogP contribution in [0.5, 0.6) is 0 Å². The highest BCUT2D eigenvalue weighted by Gasteiger charge is 2.45. The summed E-state index contributed by atoms with van der Waals surface area (Å²) in [6.45, 7) is -0.471. The summed E-state index contributed by atoms with van der Waals surface area (Å²) in [4.78, 5) is 11.9. The Hall–Kier alpha value is -1.90. The molecule has 3 heterocycles. The van der Waals surface area contributed by atoms with Crippen LogP contribution < -0.4 is 10.5 Å². The van der Waals surface area contributed by atoms with E-state index in [0.717, 1.165) is 0 Å². The monoisotopic (exact) mass is 360 g/mol. The first-order valence-electron chi connectivity index (χ1n) is 6.86. The Morgan fingerprint density at radius 2 is 2.12 bits per heavy atom. The van der Waals surface area contributed by atoms with Crippen molar-refractivity contribution in [3.05, 3.63) is 12.7 Å². The van der Waals surface area contributed by atoms with Crippen molar-refractivity contribution in [3.8, 4) is 0 Å². The first-order valence-corrected chi connectivity index (χ1v) is 8.27. The predicted molar refractivity (Wildman–Crippen MR) is 79.6 cm³/mol. The van der Waals surface area contributed by atoms with Crippen molar-refractivity contribution in [2.24, 2.45) is 0 Å². The third-order valence-corrected chi connectivity index (χ3v) is 4.58. The molecule has 2 aromatic heterocycles. The van der Waals surface area contributed by atoms with Crippen molar-refractivity contribution in [1.82, 2.24) is 24.2 Å². The molecular weight excluding hydrogens is 344 g/mol. The summed E-state index contributed by atoms with van der Waals surface area (Å²) in [6.07, 6.45) is -2.24. The quantitative estimate of drug-likeness (QED) is 0.446. The number of imidazole rings is 1. The van der Waals surface area contributed by atoms with E-state index in [4.69, 9.17) is 10.5 Å². The normalized spacial score (nSPS) is 27.8. The summed E-state index contributed by atoms with van der Waals surface area (Å²) in [5.74, 6) is 0.159. The fourth-order valence-electron chi connectivity index (χ4n) is 2.37. The van der Waals surface area contributed by atoms with Gasteiger partial charge >= 0.3 is 10.3 Å². The molecule has 4 atom stereocenters. The second kappa shape index (κ2) is 6.19. The molecule has 132 valence electrons. The topological polar surface area (TPSA) is 175 Å². The van der Waals surface area contributed by atoms with E-state index in [1.54, 1.807) is 0 Å². The van der Waals surface area contributed by atoms with E-state index in [1.165, 1.54) is 24.3 Å². The molecule has 1 aliphatic rings. The fraction of sp³-hybridized carbons (Fsp3) is 0.545. The largest absolute Gasteiger partial charge is 0.387 e. The maximum absolute atomic E-state index is 11.3. The van der Waals surface area contributed by atoms with Gasteiger partial charge in [-0.05, 0) is 0 Å². The third kappa shape index (κ3) is 2.92. The minimum atomic E-state index is -3.94. The Bertz CT molecular complexity index is 841. The second-order valence-electron chi connectivity index (χ2n) is 5.07. The number of ether oxygens (including phenoxy) is 1. The maximum atomic E-state index is 11.3. The Morgan fingerprint density at radius 1 is 1.38 bits per heavy atom. The Balaban J connectivity index is 1.83. The highest BCUT2D eigenvalue weighted by molar-refractivity contribution is 7.84. The van der Waals surface area contributed by atoms with Crippen molar-refractivity contribution in [2.75, 3.05) is 19.4 Å². The van der Waals surface area contributed by atoms with E-state index in [2.05, 4.69) is 19.1 Å². The first kappa shape index (κ1) is 16.9. The van der Waals surface area contributed by atoms with Crippen LogP contribution in [0, 0.1) is 0 Å². The van der Waals surface area contributed by atoms with Crippen LogP contribution in [0.1, 0.15) is 6.23 Å². The SMILES string of the molecule is CNS(=O)(=O)OC[C@H]1O[C@@H](n2cnc3c(N)ncnc32)[C@H](O)[C@@H]1O. The van der Waals surface area contributed by atoms with Gasteiger partial charge < -0.3 is 20.7 Å². The molecule has 1 saturated heterocycles. The molecule has 0 spiro atoms. The van der Waals surface area contributed by atoms with Gasteiger partial charge in [-0.1, -0.05) is 0 Å². The van der Waals surface area contributed by atoms with Crippen LogP contribution in [0.4, 0.5) is 5.82 Å². The van der Waals surface area contributed by atoms with Gasteiger partial charge in [0.05, 0.1) is 12.9 Å². The summed E-state index contributed by atoms with van der Waals surface area (Å²) in [7, 11) is -2.76. The van der Waals surface area contributed by atoms with Crippen molar-refractivity contribution in [2.45, 2.75) is 24.5 Å². The molecule has 0 aliphatic carbocycles. The first-order chi connectivity index (χ1) is 11.3. The summed E-state index contributed by atoms with van der Waals surface area (Å²) in [5, 5.41) is 20.3. The van der Waals surface area contributed by atoms with Crippen molar-refractivity contribution in [1.29, 1.82) is 0 Å². The summed E-state index contributed by atoms with van der Waals surface area (Å²) in [5.41, 5.74) is 6.32. The van der Waals surface area contributed by atoms with Gasteiger partial charge in [-0.15, -0.1) is 0 Å². The van der Waals surface area contributed by atoms with Gasteiger partial charge in [0, 0.05) is 7.05 Å². The Kier molecular flexibility index (Phi) is 4.37. The zero-order chi connectivity index (χ0) is 17.5. The van der Waals surface area contributed by atoms with Crippen LogP contribution in [-0.2, 0) is 19.2 Å².